The van der Waals surface area contributed by atoms with Gasteiger partial charge in [0.25, 0.3) is 0 Å². The zero-order valence-corrected chi connectivity index (χ0v) is 10.1. The summed E-state index contributed by atoms with van der Waals surface area (Å²) in [6.07, 6.45) is 4.62. The Kier molecular flexibility index (Phi) is 2.62. The van der Waals surface area contributed by atoms with E-state index in [4.69, 9.17) is 0 Å². The van der Waals surface area contributed by atoms with Crippen LogP contribution in [0.4, 0.5) is 5.13 Å². The highest BCUT2D eigenvalue weighted by Crippen LogP contribution is 2.48. The Labute approximate surface area is 107 Å². The fraction of sp³-hybridized carbons (Fsp3) is 0.455. The molecule has 0 radical (unpaired) electrons. The van der Waals surface area contributed by atoms with E-state index in [-0.39, 0.29) is 17.7 Å². The Morgan fingerprint density at radius 2 is 2.06 bits per heavy atom. The van der Waals surface area contributed by atoms with E-state index in [0.29, 0.717) is 5.13 Å². The first kappa shape index (κ1) is 11.3. The first-order chi connectivity index (χ1) is 8.66. The van der Waals surface area contributed by atoms with Crippen LogP contribution in [0.2, 0.25) is 0 Å². The maximum Gasteiger partial charge on any atom is 0.307 e. The highest BCUT2D eigenvalue weighted by Gasteiger charge is 2.51. The van der Waals surface area contributed by atoms with Crippen LogP contribution in [-0.2, 0) is 9.59 Å². The minimum absolute atomic E-state index is 0.0160. The summed E-state index contributed by atoms with van der Waals surface area (Å²) in [7, 11) is 0. The number of hydrogen-bond donors (Lipinski definition) is 2. The molecule has 0 unspecified atom stereocenters. The van der Waals surface area contributed by atoms with Crippen LogP contribution in [0.3, 0.4) is 0 Å². The minimum Gasteiger partial charge on any atom is -0.481 e. The van der Waals surface area contributed by atoms with Gasteiger partial charge < -0.3 is 10.4 Å². The van der Waals surface area contributed by atoms with Crippen molar-refractivity contribution in [1.82, 2.24) is 10.2 Å². The highest BCUT2D eigenvalue weighted by atomic mass is 32.1. The molecule has 2 aliphatic rings. The average Bonchev–Trinajstić information content (AvgIpc) is 3.03. The summed E-state index contributed by atoms with van der Waals surface area (Å²) in [6.45, 7) is 0. The van der Waals surface area contributed by atoms with Crippen molar-refractivity contribution >= 4 is 28.3 Å². The molecule has 1 heterocycles. The molecule has 1 fully saturated rings. The molecule has 1 amide bonds. The van der Waals surface area contributed by atoms with Crippen molar-refractivity contribution in [3.63, 3.8) is 0 Å². The molecule has 2 N–H and O–H groups in total. The van der Waals surface area contributed by atoms with Crippen LogP contribution >= 0.6 is 11.3 Å². The Morgan fingerprint density at radius 3 is 2.67 bits per heavy atom. The van der Waals surface area contributed by atoms with Crippen LogP contribution in [0.1, 0.15) is 6.42 Å². The molecule has 0 saturated heterocycles. The molecule has 2 bridgehead atoms. The van der Waals surface area contributed by atoms with E-state index in [1.54, 1.807) is 0 Å². The maximum absolute atomic E-state index is 12.1. The highest BCUT2D eigenvalue weighted by molar-refractivity contribution is 7.13. The van der Waals surface area contributed by atoms with E-state index < -0.39 is 17.8 Å². The summed E-state index contributed by atoms with van der Waals surface area (Å²) in [5.41, 5.74) is 1.52. The number of carboxylic acid groups (broad SMARTS) is 1. The van der Waals surface area contributed by atoms with Crippen LogP contribution < -0.4 is 5.32 Å². The van der Waals surface area contributed by atoms with Gasteiger partial charge in [0, 0.05) is 0 Å². The molecular formula is C11H11N3O3S. The lowest BCUT2D eigenvalue weighted by Crippen LogP contribution is -2.36. The number of aromatic nitrogens is 2. The molecular weight excluding hydrogens is 254 g/mol. The van der Waals surface area contributed by atoms with Crippen molar-refractivity contribution in [2.45, 2.75) is 6.42 Å². The Morgan fingerprint density at radius 1 is 1.33 bits per heavy atom. The topological polar surface area (TPSA) is 92.2 Å². The maximum atomic E-state index is 12.1. The lowest BCUT2D eigenvalue weighted by Gasteiger charge is -2.23. The second-order valence-corrected chi connectivity index (χ2v) is 5.40. The number of carbonyl (C=O) groups excluding carboxylic acids is 1. The third-order valence-electron chi connectivity index (χ3n) is 3.64. The van der Waals surface area contributed by atoms with E-state index in [1.807, 2.05) is 12.2 Å². The Balaban J connectivity index is 1.80. The first-order valence-electron chi connectivity index (χ1n) is 5.65. The summed E-state index contributed by atoms with van der Waals surface area (Å²) in [6, 6.07) is 0. The van der Waals surface area contributed by atoms with E-state index in [9.17, 15) is 14.7 Å². The number of nitrogens with zero attached hydrogens (tertiary/aromatic N) is 2. The molecule has 1 saturated carbocycles. The molecule has 3 rings (SSSR count). The second-order valence-electron chi connectivity index (χ2n) is 4.57. The molecule has 94 valence electrons. The summed E-state index contributed by atoms with van der Waals surface area (Å²) in [4.78, 5) is 23.4. The molecule has 1 aromatic heterocycles. The van der Waals surface area contributed by atoms with Gasteiger partial charge >= 0.3 is 5.97 Å². The number of anilines is 1. The van der Waals surface area contributed by atoms with Crippen molar-refractivity contribution in [2.24, 2.45) is 23.7 Å². The van der Waals surface area contributed by atoms with Gasteiger partial charge in [0.2, 0.25) is 11.0 Å². The largest absolute Gasteiger partial charge is 0.481 e. The average molecular weight is 265 g/mol. The lowest BCUT2D eigenvalue weighted by molar-refractivity contribution is -0.146. The van der Waals surface area contributed by atoms with Crippen molar-refractivity contribution in [2.75, 3.05) is 5.32 Å². The minimum atomic E-state index is -0.899. The number of fused-ring (bicyclic) bond motifs is 2. The smallest absolute Gasteiger partial charge is 0.307 e. The van der Waals surface area contributed by atoms with Gasteiger partial charge in [0.15, 0.2) is 0 Å². The van der Waals surface area contributed by atoms with E-state index in [1.165, 1.54) is 16.8 Å². The fourth-order valence-electron chi connectivity index (χ4n) is 2.93. The molecule has 1 aromatic rings. The van der Waals surface area contributed by atoms with Crippen molar-refractivity contribution < 1.29 is 14.7 Å². The fourth-order valence-corrected chi connectivity index (χ4v) is 3.38. The molecule has 6 nitrogen and oxygen atoms in total. The first-order valence-corrected chi connectivity index (χ1v) is 6.53. The van der Waals surface area contributed by atoms with Crippen LogP contribution in [0, 0.1) is 23.7 Å². The van der Waals surface area contributed by atoms with E-state index in [2.05, 4.69) is 15.5 Å². The number of amides is 1. The molecule has 4 atom stereocenters. The summed E-state index contributed by atoms with van der Waals surface area (Å²) < 4.78 is 0. The number of hydrogen-bond acceptors (Lipinski definition) is 5. The number of carboxylic acids is 1. The van der Waals surface area contributed by atoms with Crippen molar-refractivity contribution in [1.29, 1.82) is 0 Å². The summed E-state index contributed by atoms with van der Waals surface area (Å²) in [5.74, 6) is -2.27. The van der Waals surface area contributed by atoms with Gasteiger partial charge in [0.1, 0.15) is 5.51 Å². The number of nitrogens with one attached hydrogen (secondary N) is 1. The molecule has 0 aromatic carbocycles. The van der Waals surface area contributed by atoms with Gasteiger partial charge in [-0.05, 0) is 18.3 Å². The number of allylic oxidation sites excluding steroid dienone is 2. The van der Waals surface area contributed by atoms with Crippen LogP contribution in [0.15, 0.2) is 17.7 Å². The van der Waals surface area contributed by atoms with Gasteiger partial charge in [-0.3, -0.25) is 9.59 Å². The third kappa shape index (κ3) is 1.71. The predicted octanol–water partition coefficient (Wildman–Crippen LogP) is 0.999. The summed E-state index contributed by atoms with van der Waals surface area (Å²) >= 11 is 1.22. The normalized spacial score (nSPS) is 32.7. The molecule has 0 spiro atoms. The van der Waals surface area contributed by atoms with Crippen molar-refractivity contribution in [3.05, 3.63) is 17.7 Å². The monoisotopic (exact) mass is 265 g/mol. The Bertz CT molecular complexity index is 514. The van der Waals surface area contributed by atoms with Crippen LogP contribution in [-0.4, -0.2) is 27.2 Å². The Hall–Kier alpha value is -1.76. The molecule has 0 aliphatic heterocycles. The van der Waals surface area contributed by atoms with E-state index in [0.717, 1.165) is 6.42 Å². The zero-order valence-electron chi connectivity index (χ0n) is 9.31. The quantitative estimate of drug-likeness (QED) is 0.795. The number of carbonyl (C=O) groups is 2. The van der Waals surface area contributed by atoms with Crippen molar-refractivity contribution in [3.8, 4) is 0 Å². The van der Waals surface area contributed by atoms with Crippen LogP contribution in [0.25, 0.3) is 0 Å². The third-order valence-corrected chi connectivity index (χ3v) is 4.24. The second kappa shape index (κ2) is 4.16. The van der Waals surface area contributed by atoms with E-state index >= 15 is 0 Å². The standard InChI is InChI=1S/C11H11N3O3S/c15-9(13-11-14-12-4-18-11)7-5-1-2-6(3-5)8(7)10(16)17/h1-2,4-8H,3H2,(H,16,17)(H,13,14,15)/t5-,6+,7-,8-/m0/s1. The number of rotatable bonds is 3. The lowest BCUT2D eigenvalue weighted by atomic mass is 9.82. The SMILES string of the molecule is O=C(O)[C@@H]1[C@@H](C(=O)Nc2nncs2)[C@H]2C=C[C@@H]1C2. The number of aliphatic carboxylic acids is 1. The van der Waals surface area contributed by atoms with Gasteiger partial charge in [-0.1, -0.05) is 23.5 Å². The molecule has 2 aliphatic carbocycles. The van der Waals surface area contributed by atoms with Gasteiger partial charge in [-0.15, -0.1) is 10.2 Å². The molecule has 7 heteroatoms. The predicted molar refractivity (Wildman–Crippen MR) is 63.9 cm³/mol. The van der Waals surface area contributed by atoms with Gasteiger partial charge in [-0.25, -0.2) is 0 Å². The zero-order chi connectivity index (χ0) is 12.7. The summed E-state index contributed by atoms with van der Waals surface area (Å²) in [5, 5.41) is 19.7. The molecule has 18 heavy (non-hydrogen) atoms. The van der Waals surface area contributed by atoms with Gasteiger partial charge in [0.05, 0.1) is 11.8 Å². The van der Waals surface area contributed by atoms with Crippen LogP contribution in [0.5, 0.6) is 0 Å². The van der Waals surface area contributed by atoms with Gasteiger partial charge in [-0.2, -0.15) is 0 Å².